The second-order valence-corrected chi connectivity index (χ2v) is 13.6. The number of aliphatic hydroxyl groups is 6. The summed E-state index contributed by atoms with van der Waals surface area (Å²) < 4.78 is 0. The molecule has 0 amide bonds. The third kappa shape index (κ3) is 8.93. The number of rotatable bonds is 12. The molecule has 0 aliphatic heterocycles. The quantitative estimate of drug-likeness (QED) is 0.165. The molecule has 232 valence electrons. The maximum absolute atomic E-state index is 13.2. The van der Waals surface area contributed by atoms with Crippen LogP contribution in [0.25, 0.3) is 0 Å². The zero-order chi connectivity index (χ0) is 28.6. The van der Waals surface area contributed by atoms with Gasteiger partial charge in [-0.1, -0.05) is 44.9 Å². The molecule has 4 rings (SSSR count). The van der Waals surface area contributed by atoms with E-state index in [1.807, 2.05) is 0 Å². The van der Waals surface area contributed by atoms with Crippen molar-refractivity contribution in [3.05, 3.63) is 0 Å². The Bertz CT molecular complexity index is 768. The van der Waals surface area contributed by atoms with Gasteiger partial charge in [0, 0.05) is 48.1 Å². The number of hydrogen-bond acceptors (Lipinski definition) is 9. The monoisotopic (exact) mass is 568 g/mol. The highest BCUT2D eigenvalue weighted by Crippen LogP contribution is 2.37. The Hall–Kier alpha value is -0.650. The zero-order valence-electron chi connectivity index (χ0n) is 24.2. The van der Waals surface area contributed by atoms with Crippen LogP contribution in [0.4, 0.5) is 0 Å². The van der Waals surface area contributed by atoms with Crippen molar-refractivity contribution < 1.29 is 35.4 Å². The lowest BCUT2D eigenvalue weighted by atomic mass is 9.76. The van der Waals surface area contributed by atoms with Crippen LogP contribution in [0.1, 0.15) is 116 Å². The van der Waals surface area contributed by atoms with Crippen LogP contribution in [0, 0.1) is 35.5 Å². The molecular formula is C31H56N2O7. The van der Waals surface area contributed by atoms with Gasteiger partial charge in [-0.25, -0.2) is 0 Å². The van der Waals surface area contributed by atoms with E-state index in [1.54, 1.807) is 0 Å². The van der Waals surface area contributed by atoms with Gasteiger partial charge < -0.3 is 30.6 Å². The normalized spacial score (nSPS) is 37.4. The molecule has 10 unspecified atom stereocenters. The number of ketones is 1. The van der Waals surface area contributed by atoms with Crippen LogP contribution in [-0.4, -0.2) is 73.5 Å². The second kappa shape index (κ2) is 15.7. The molecule has 0 aromatic rings. The van der Waals surface area contributed by atoms with Gasteiger partial charge in [0.25, 0.3) is 0 Å². The van der Waals surface area contributed by atoms with E-state index >= 15 is 0 Å². The summed E-state index contributed by atoms with van der Waals surface area (Å²) in [6.07, 6.45) is 11.7. The van der Waals surface area contributed by atoms with Crippen LogP contribution in [0.15, 0.2) is 0 Å². The van der Waals surface area contributed by atoms with Gasteiger partial charge in [-0.05, 0) is 70.1 Å². The highest BCUT2D eigenvalue weighted by Gasteiger charge is 2.38. The van der Waals surface area contributed by atoms with Crippen LogP contribution in [0.3, 0.4) is 0 Å². The largest absolute Gasteiger partial charge is 0.378 e. The van der Waals surface area contributed by atoms with E-state index in [1.165, 1.54) is 0 Å². The fourth-order valence-electron chi connectivity index (χ4n) is 8.52. The summed E-state index contributed by atoms with van der Waals surface area (Å²) in [5.41, 5.74) is 0. The Morgan fingerprint density at radius 1 is 0.575 bits per heavy atom. The molecule has 9 nitrogen and oxygen atoms in total. The van der Waals surface area contributed by atoms with Gasteiger partial charge in [0.2, 0.25) is 0 Å². The van der Waals surface area contributed by atoms with E-state index in [0.717, 1.165) is 109 Å². The molecule has 0 heterocycles. The van der Waals surface area contributed by atoms with Crippen molar-refractivity contribution in [2.75, 3.05) is 0 Å². The summed E-state index contributed by atoms with van der Waals surface area (Å²) in [7, 11) is 0. The molecule has 4 aliphatic rings. The molecule has 0 aromatic heterocycles. The Balaban J connectivity index is 1.20. The molecule has 4 aliphatic carbocycles. The number of Topliss-reactive ketones (excluding diaryl/α,β-unsaturated/α-hetero) is 1. The highest BCUT2D eigenvalue weighted by molar-refractivity contribution is 5.81. The van der Waals surface area contributed by atoms with Crippen molar-refractivity contribution in [1.29, 1.82) is 0 Å². The van der Waals surface area contributed by atoms with Gasteiger partial charge >= 0.3 is 0 Å². The molecule has 4 fully saturated rings. The van der Waals surface area contributed by atoms with Crippen molar-refractivity contribution in [1.82, 2.24) is 10.6 Å². The highest BCUT2D eigenvalue weighted by atomic mass is 16.5. The lowest BCUT2D eigenvalue weighted by Gasteiger charge is -2.39. The molecule has 0 spiro atoms. The van der Waals surface area contributed by atoms with E-state index < -0.39 is 25.0 Å². The van der Waals surface area contributed by atoms with E-state index in [-0.39, 0.29) is 41.7 Å². The first-order valence-corrected chi connectivity index (χ1v) is 16.4. The summed E-state index contributed by atoms with van der Waals surface area (Å²) >= 11 is 0. The SMILES string of the molecule is O=C(CCC1CCCC(NC(O)C2CCCCC2C(O)O)C1)C1CCCC(NC(O)C2CCCCC2C(O)O)C1. The molecule has 9 heteroatoms. The topological polar surface area (TPSA) is 163 Å². The lowest BCUT2D eigenvalue weighted by Crippen LogP contribution is -2.49. The first-order chi connectivity index (χ1) is 19.2. The smallest absolute Gasteiger partial charge is 0.154 e. The zero-order valence-corrected chi connectivity index (χ0v) is 24.2. The van der Waals surface area contributed by atoms with Crippen molar-refractivity contribution in [3.8, 4) is 0 Å². The number of hydrogen-bond donors (Lipinski definition) is 8. The van der Waals surface area contributed by atoms with Crippen LogP contribution in [-0.2, 0) is 4.79 Å². The summed E-state index contributed by atoms with van der Waals surface area (Å²) in [5.74, 6) is -0.129. The molecule has 0 aromatic carbocycles. The van der Waals surface area contributed by atoms with Crippen LogP contribution >= 0.6 is 0 Å². The predicted octanol–water partition coefficient (Wildman–Crippen LogP) is 2.50. The van der Waals surface area contributed by atoms with Gasteiger partial charge in [-0.2, -0.15) is 0 Å². The molecule has 4 saturated carbocycles. The van der Waals surface area contributed by atoms with Crippen LogP contribution in [0.5, 0.6) is 0 Å². The molecule has 40 heavy (non-hydrogen) atoms. The average Bonchev–Trinajstić information content (AvgIpc) is 2.96. The maximum atomic E-state index is 13.2. The molecule has 8 N–H and O–H groups in total. The minimum Gasteiger partial charge on any atom is -0.378 e. The van der Waals surface area contributed by atoms with Gasteiger partial charge in [0.05, 0.1) is 0 Å². The average molecular weight is 569 g/mol. The summed E-state index contributed by atoms with van der Waals surface area (Å²) in [6, 6.07) is 0.259. The van der Waals surface area contributed by atoms with E-state index in [4.69, 9.17) is 0 Å². The van der Waals surface area contributed by atoms with Gasteiger partial charge in [-0.15, -0.1) is 0 Å². The Morgan fingerprint density at radius 3 is 1.57 bits per heavy atom. The Kier molecular flexibility index (Phi) is 12.7. The van der Waals surface area contributed by atoms with Crippen LogP contribution < -0.4 is 10.6 Å². The number of aliphatic hydroxyl groups excluding tert-OH is 4. The minimum absolute atomic E-state index is 0.0107. The Labute approximate surface area is 240 Å². The lowest BCUT2D eigenvalue weighted by molar-refractivity contribution is -0.133. The first kappa shape index (κ1) is 32.3. The predicted molar refractivity (Wildman–Crippen MR) is 151 cm³/mol. The molecule has 0 saturated heterocycles. The number of nitrogens with one attached hydrogen (secondary N) is 2. The molecule has 10 atom stereocenters. The number of carbonyl (C=O) groups is 1. The van der Waals surface area contributed by atoms with Crippen molar-refractivity contribution in [2.24, 2.45) is 35.5 Å². The Morgan fingerprint density at radius 2 is 1.05 bits per heavy atom. The van der Waals surface area contributed by atoms with Gasteiger partial charge in [0.1, 0.15) is 18.2 Å². The summed E-state index contributed by atoms with van der Waals surface area (Å²) in [5, 5.41) is 67.6. The van der Waals surface area contributed by atoms with Crippen LogP contribution in [0.2, 0.25) is 0 Å². The number of carbonyl (C=O) groups excluding carboxylic acids is 1. The van der Waals surface area contributed by atoms with E-state index in [9.17, 15) is 35.4 Å². The second-order valence-electron chi connectivity index (χ2n) is 13.6. The standard InChI is InChI=1S/C31H56N2O7/c34-27(20-8-6-10-22(18-20)33-29(36)24-12-2-4-14-26(24)31(39)40)16-15-19-7-5-9-21(17-19)32-28(35)23-11-1-3-13-25(23)30(37)38/h19-26,28-33,35-40H,1-18H2. The van der Waals surface area contributed by atoms with Gasteiger partial charge in [-0.3, -0.25) is 15.4 Å². The van der Waals surface area contributed by atoms with E-state index in [0.29, 0.717) is 18.1 Å². The van der Waals surface area contributed by atoms with Crippen molar-refractivity contribution in [2.45, 2.75) is 153 Å². The maximum Gasteiger partial charge on any atom is 0.154 e. The first-order valence-electron chi connectivity index (χ1n) is 16.4. The third-order valence-corrected chi connectivity index (χ3v) is 10.9. The minimum atomic E-state index is -1.40. The fraction of sp³-hybridized carbons (Fsp3) is 0.968. The molecule has 0 radical (unpaired) electrons. The molecule has 0 bridgehead atoms. The molecular weight excluding hydrogens is 512 g/mol. The fourth-order valence-corrected chi connectivity index (χ4v) is 8.52. The third-order valence-electron chi connectivity index (χ3n) is 10.9. The summed E-state index contributed by atoms with van der Waals surface area (Å²) in [4.78, 5) is 13.2. The van der Waals surface area contributed by atoms with E-state index in [2.05, 4.69) is 10.6 Å². The van der Waals surface area contributed by atoms with Gasteiger partial charge in [0.15, 0.2) is 12.6 Å². The summed E-state index contributed by atoms with van der Waals surface area (Å²) in [6.45, 7) is 0. The van der Waals surface area contributed by atoms with Crippen molar-refractivity contribution >= 4 is 5.78 Å². The van der Waals surface area contributed by atoms with Crippen molar-refractivity contribution in [3.63, 3.8) is 0 Å².